The average molecular weight is 337 g/mol. The van der Waals surface area contributed by atoms with Crippen LogP contribution in [0, 0.1) is 0 Å². The van der Waals surface area contributed by atoms with Gasteiger partial charge in [0, 0.05) is 11.8 Å². The van der Waals surface area contributed by atoms with Gasteiger partial charge in [-0.1, -0.05) is 12.2 Å². The minimum Gasteiger partial charge on any atom is -0.229 e. The molecule has 0 saturated carbocycles. The first kappa shape index (κ1) is 18.2. The Labute approximate surface area is 119 Å². The van der Waals surface area contributed by atoms with Crippen molar-refractivity contribution in [1.82, 2.24) is 0 Å². The van der Waals surface area contributed by atoms with Crippen LogP contribution in [-0.4, -0.2) is 51.6 Å². The molecule has 4 nitrogen and oxygen atoms in total. The van der Waals surface area contributed by atoms with E-state index >= 15 is 0 Å². The summed E-state index contributed by atoms with van der Waals surface area (Å²) in [6, 6.07) is 0. The Balaban J connectivity index is 3.87. The summed E-state index contributed by atoms with van der Waals surface area (Å²) in [6.45, 7) is 0. The minimum absolute atomic E-state index is 0.0213. The van der Waals surface area contributed by atoms with Crippen molar-refractivity contribution in [3.63, 3.8) is 0 Å². The topological polar surface area (TPSA) is 68.3 Å². The quantitative estimate of drug-likeness (QED) is 0.449. The average Bonchev–Trinajstić information content (AvgIpc) is 2.22. The van der Waals surface area contributed by atoms with E-state index in [1.165, 1.54) is 0 Å². The molecule has 0 aromatic rings. The lowest BCUT2D eigenvalue weighted by atomic mass is 10.3. The maximum absolute atomic E-state index is 11.3. The van der Waals surface area contributed by atoms with E-state index in [0.717, 1.165) is 0 Å². The molecule has 0 radical (unpaired) electrons. The number of alkyl halides is 2. The summed E-state index contributed by atoms with van der Waals surface area (Å²) in [5.74, 6) is 0.250. The molecule has 0 aliphatic carbocycles. The van der Waals surface area contributed by atoms with Gasteiger partial charge in [0.1, 0.15) is 0 Å². The van der Waals surface area contributed by atoms with Crippen LogP contribution in [0.2, 0.25) is 0 Å². The van der Waals surface area contributed by atoms with E-state index in [1.807, 2.05) is 0 Å². The van der Waals surface area contributed by atoms with Crippen LogP contribution in [0.5, 0.6) is 0 Å². The van der Waals surface area contributed by atoms with Gasteiger partial charge in [0.2, 0.25) is 0 Å². The van der Waals surface area contributed by atoms with Gasteiger partial charge in [-0.3, -0.25) is 0 Å². The molecule has 0 heterocycles. The Kier molecular flexibility index (Phi) is 9.29. The van der Waals surface area contributed by atoms with Gasteiger partial charge < -0.3 is 0 Å². The second-order valence-corrected chi connectivity index (χ2v) is 9.09. The van der Waals surface area contributed by atoms with Crippen molar-refractivity contribution in [3.05, 3.63) is 12.2 Å². The number of sulfone groups is 2. The van der Waals surface area contributed by atoms with E-state index < -0.39 is 19.7 Å². The third kappa shape index (κ3) is 10.2. The van der Waals surface area contributed by atoms with E-state index in [0.29, 0.717) is 12.8 Å². The third-order valence-corrected chi connectivity index (χ3v) is 6.33. The monoisotopic (exact) mass is 336 g/mol. The minimum atomic E-state index is -3.07. The number of hydrogen-bond donors (Lipinski definition) is 0. The molecule has 0 N–H and O–H groups in total. The summed E-state index contributed by atoms with van der Waals surface area (Å²) in [7, 11) is -6.15. The zero-order valence-corrected chi connectivity index (χ0v) is 13.2. The molecule has 0 rings (SSSR count). The van der Waals surface area contributed by atoms with Crippen molar-refractivity contribution in [1.29, 1.82) is 0 Å². The predicted octanol–water partition coefficient (Wildman–Crippen LogP) is 1.63. The Morgan fingerprint density at radius 2 is 1.00 bits per heavy atom. The Morgan fingerprint density at radius 1 is 0.667 bits per heavy atom. The lowest BCUT2D eigenvalue weighted by molar-refractivity contribution is 0.595. The van der Waals surface area contributed by atoms with E-state index in [1.54, 1.807) is 12.2 Å². The van der Waals surface area contributed by atoms with E-state index in [4.69, 9.17) is 23.2 Å². The summed E-state index contributed by atoms with van der Waals surface area (Å²) in [4.78, 5) is 0. The molecule has 0 aliphatic rings. The molecule has 0 bridgehead atoms. The van der Waals surface area contributed by atoms with Crippen LogP contribution in [-0.2, 0) is 19.7 Å². The van der Waals surface area contributed by atoms with Crippen LogP contribution >= 0.6 is 23.2 Å². The van der Waals surface area contributed by atoms with Gasteiger partial charge in [0.25, 0.3) is 0 Å². The van der Waals surface area contributed by atoms with Crippen molar-refractivity contribution >= 4 is 42.9 Å². The van der Waals surface area contributed by atoms with Gasteiger partial charge in [-0.2, -0.15) is 0 Å². The van der Waals surface area contributed by atoms with Crippen molar-refractivity contribution < 1.29 is 16.8 Å². The van der Waals surface area contributed by atoms with Crippen LogP contribution in [0.25, 0.3) is 0 Å². The smallest absolute Gasteiger partial charge is 0.151 e. The summed E-state index contributed by atoms with van der Waals surface area (Å²) < 4.78 is 45.1. The van der Waals surface area contributed by atoms with Crippen molar-refractivity contribution in [2.24, 2.45) is 0 Å². The summed E-state index contributed by atoms with van der Waals surface area (Å²) in [5.41, 5.74) is 0. The number of hydrogen-bond acceptors (Lipinski definition) is 4. The van der Waals surface area contributed by atoms with Gasteiger partial charge in [0.05, 0.1) is 23.0 Å². The predicted molar refractivity (Wildman–Crippen MR) is 77.1 cm³/mol. The number of rotatable bonds is 10. The SMILES string of the molecule is O=S(=O)(CCCl)CCC=CCCS(=O)(=O)CCCl. The molecule has 0 unspecified atom stereocenters. The van der Waals surface area contributed by atoms with Gasteiger partial charge >= 0.3 is 0 Å². The van der Waals surface area contributed by atoms with Crippen LogP contribution in [0.1, 0.15) is 12.8 Å². The first-order valence-corrected chi connectivity index (χ1v) is 10.2. The molecular weight excluding hydrogens is 319 g/mol. The maximum Gasteiger partial charge on any atom is 0.151 e. The van der Waals surface area contributed by atoms with E-state index in [9.17, 15) is 16.8 Å². The fourth-order valence-corrected chi connectivity index (χ4v) is 4.45. The number of halogens is 2. The molecule has 0 amide bonds. The zero-order valence-electron chi connectivity index (χ0n) is 10.0. The highest BCUT2D eigenvalue weighted by Crippen LogP contribution is 2.00. The van der Waals surface area contributed by atoms with E-state index in [-0.39, 0.29) is 34.8 Å². The highest BCUT2D eigenvalue weighted by atomic mass is 35.5. The molecular formula is C10H18Cl2O4S2. The summed E-state index contributed by atoms with van der Waals surface area (Å²) >= 11 is 10.7. The molecule has 0 aromatic heterocycles. The highest BCUT2D eigenvalue weighted by Gasteiger charge is 2.09. The largest absolute Gasteiger partial charge is 0.229 e. The molecule has 18 heavy (non-hydrogen) atoms. The summed E-state index contributed by atoms with van der Waals surface area (Å²) in [6.07, 6.45) is 4.13. The Hall–Kier alpha value is 0.220. The van der Waals surface area contributed by atoms with Gasteiger partial charge in [0.15, 0.2) is 19.7 Å². The van der Waals surface area contributed by atoms with Crippen molar-refractivity contribution in [2.45, 2.75) is 12.8 Å². The third-order valence-electron chi connectivity index (χ3n) is 2.13. The molecule has 0 fully saturated rings. The normalized spacial score (nSPS) is 13.2. The van der Waals surface area contributed by atoms with Gasteiger partial charge in [-0.25, -0.2) is 16.8 Å². The molecule has 0 spiro atoms. The molecule has 0 saturated heterocycles. The van der Waals surface area contributed by atoms with Crippen LogP contribution in [0.3, 0.4) is 0 Å². The first-order valence-electron chi connectivity index (χ1n) is 5.51. The highest BCUT2D eigenvalue weighted by molar-refractivity contribution is 7.91. The van der Waals surface area contributed by atoms with Crippen LogP contribution in [0.15, 0.2) is 12.2 Å². The lowest BCUT2D eigenvalue weighted by Gasteiger charge is -1.99. The Morgan fingerprint density at radius 3 is 1.28 bits per heavy atom. The number of allylic oxidation sites excluding steroid dienone is 2. The van der Waals surface area contributed by atoms with Crippen molar-refractivity contribution in [3.8, 4) is 0 Å². The Bertz CT molecular complexity index is 398. The van der Waals surface area contributed by atoms with Crippen molar-refractivity contribution in [2.75, 3.05) is 34.8 Å². The molecule has 8 heteroatoms. The molecule has 0 atom stereocenters. The van der Waals surface area contributed by atoms with Gasteiger partial charge in [-0.15, -0.1) is 23.2 Å². The fraction of sp³-hybridized carbons (Fsp3) is 0.800. The molecule has 0 aromatic carbocycles. The second-order valence-electron chi connectivity index (χ2n) is 3.73. The van der Waals surface area contributed by atoms with Crippen LogP contribution < -0.4 is 0 Å². The fourth-order valence-electron chi connectivity index (χ4n) is 1.17. The second kappa shape index (κ2) is 9.18. The van der Waals surface area contributed by atoms with E-state index in [2.05, 4.69) is 0 Å². The lowest BCUT2D eigenvalue weighted by Crippen LogP contribution is -2.12. The maximum atomic E-state index is 11.3. The molecule has 0 aliphatic heterocycles. The standard InChI is InChI=1S/C10H18Cl2O4S2/c11-5-9-17(13,14)7-3-1-2-4-8-18(15,16)10-6-12/h1-2H,3-10H2. The summed E-state index contributed by atoms with van der Waals surface area (Å²) in [5, 5.41) is 0. The molecule has 108 valence electrons. The first-order chi connectivity index (χ1) is 8.33. The zero-order chi connectivity index (χ0) is 14.1. The van der Waals surface area contributed by atoms with Crippen LogP contribution in [0.4, 0.5) is 0 Å². The van der Waals surface area contributed by atoms with Gasteiger partial charge in [-0.05, 0) is 12.8 Å².